The molecular weight excluding hydrogens is 687 g/mol. The van der Waals surface area contributed by atoms with Gasteiger partial charge in [-0.3, -0.25) is 0 Å². The average molecular weight is 718 g/mol. The van der Waals surface area contributed by atoms with Gasteiger partial charge in [0, 0.05) is 49.4 Å². The van der Waals surface area contributed by atoms with E-state index in [1.807, 2.05) is 47.1 Å². The summed E-state index contributed by atoms with van der Waals surface area (Å²) in [5.41, 5.74) is 11.3. The van der Waals surface area contributed by atoms with Gasteiger partial charge in [-0.15, -0.1) is 5.10 Å². The van der Waals surface area contributed by atoms with Crippen LogP contribution in [0.4, 0.5) is 0 Å². The van der Waals surface area contributed by atoms with Gasteiger partial charge in [-0.05, 0) is 60.7 Å². The van der Waals surface area contributed by atoms with Crippen molar-refractivity contribution in [1.82, 2.24) is 23.9 Å². The standard InChI is InChI=1S/C50H31N5O/c1-3-14-32(15-4-1)49-51-50(33-16-5-2-6-17-33)55(52-49)36-26-27-38-37-20-7-10-23-42(37)54(45(38)31-36)35-19-13-18-34(30-35)53-43-24-11-8-22-41(43)47-44(53)29-28-40-39-21-9-12-25-46(39)56-48(40)47/h1-31H. The largest absolute Gasteiger partial charge is 0.455 e. The zero-order chi connectivity index (χ0) is 36.7. The number of rotatable bonds is 5. The predicted octanol–water partition coefficient (Wildman–Crippen LogP) is 12.7. The van der Waals surface area contributed by atoms with E-state index >= 15 is 0 Å². The van der Waals surface area contributed by atoms with Crippen LogP contribution >= 0.6 is 0 Å². The van der Waals surface area contributed by atoms with Crippen molar-refractivity contribution in [1.29, 1.82) is 0 Å². The quantitative estimate of drug-likeness (QED) is 0.178. The minimum Gasteiger partial charge on any atom is -0.455 e. The number of para-hydroxylation sites is 3. The summed E-state index contributed by atoms with van der Waals surface area (Å²) in [5.74, 6) is 1.47. The van der Waals surface area contributed by atoms with E-state index in [1.54, 1.807) is 0 Å². The first-order valence-electron chi connectivity index (χ1n) is 18.8. The van der Waals surface area contributed by atoms with E-state index in [0.29, 0.717) is 5.82 Å². The first-order chi connectivity index (χ1) is 27.8. The van der Waals surface area contributed by atoms with Crippen molar-refractivity contribution in [3.63, 3.8) is 0 Å². The Bertz CT molecular complexity index is 3480. The topological polar surface area (TPSA) is 53.7 Å². The van der Waals surface area contributed by atoms with E-state index in [2.05, 4.69) is 155 Å². The molecule has 8 aromatic carbocycles. The minimum absolute atomic E-state index is 0.684. The maximum absolute atomic E-state index is 6.58. The van der Waals surface area contributed by atoms with E-state index in [-0.39, 0.29) is 0 Å². The van der Waals surface area contributed by atoms with Crippen LogP contribution in [0.15, 0.2) is 192 Å². The Morgan fingerprint density at radius 1 is 0.393 bits per heavy atom. The SMILES string of the molecule is c1ccc(-c2nc(-c3ccccc3)n(-c3ccc4c5ccccc5n(-c5cccc(-n6c7ccccc7c7c8oc9ccccc9c8ccc76)c5)c4c3)n2)cc1. The summed E-state index contributed by atoms with van der Waals surface area (Å²) in [5, 5.41) is 12.0. The van der Waals surface area contributed by atoms with Crippen molar-refractivity contribution in [3.05, 3.63) is 188 Å². The van der Waals surface area contributed by atoms with Gasteiger partial charge in [-0.2, -0.15) is 0 Å². The van der Waals surface area contributed by atoms with Crippen molar-refractivity contribution < 1.29 is 4.42 Å². The Balaban J connectivity index is 1.08. The Labute approximate surface area is 320 Å². The monoisotopic (exact) mass is 717 g/mol. The normalized spacial score (nSPS) is 11.9. The van der Waals surface area contributed by atoms with Gasteiger partial charge < -0.3 is 13.6 Å². The highest BCUT2D eigenvalue weighted by molar-refractivity contribution is 6.23. The van der Waals surface area contributed by atoms with Crippen LogP contribution in [0.5, 0.6) is 0 Å². The number of hydrogen-bond acceptors (Lipinski definition) is 3. The number of benzene rings is 8. The van der Waals surface area contributed by atoms with Crippen LogP contribution in [0, 0.1) is 0 Å². The lowest BCUT2D eigenvalue weighted by atomic mass is 10.1. The summed E-state index contributed by atoms with van der Waals surface area (Å²) in [4.78, 5) is 5.09. The highest BCUT2D eigenvalue weighted by Gasteiger charge is 2.21. The van der Waals surface area contributed by atoms with Crippen molar-refractivity contribution in [2.24, 2.45) is 0 Å². The zero-order valence-corrected chi connectivity index (χ0v) is 30.0. The molecule has 0 aliphatic carbocycles. The first kappa shape index (κ1) is 30.7. The fourth-order valence-electron chi connectivity index (χ4n) is 8.63. The van der Waals surface area contributed by atoms with Crippen LogP contribution in [0.25, 0.3) is 105 Å². The molecule has 262 valence electrons. The molecule has 0 unspecified atom stereocenters. The van der Waals surface area contributed by atoms with Crippen molar-refractivity contribution in [2.75, 3.05) is 0 Å². The Kier molecular flexibility index (Phi) is 6.53. The third-order valence-corrected chi connectivity index (χ3v) is 11.1. The van der Waals surface area contributed by atoms with Crippen LogP contribution in [0.2, 0.25) is 0 Å². The number of hydrogen-bond donors (Lipinski definition) is 0. The van der Waals surface area contributed by atoms with Gasteiger partial charge in [0.15, 0.2) is 11.6 Å². The smallest absolute Gasteiger partial charge is 0.182 e. The van der Waals surface area contributed by atoms with Gasteiger partial charge in [0.1, 0.15) is 11.2 Å². The van der Waals surface area contributed by atoms with Gasteiger partial charge in [0.25, 0.3) is 0 Å². The summed E-state index contributed by atoms with van der Waals surface area (Å²) in [6, 6.07) is 66.0. The van der Waals surface area contributed by atoms with Crippen LogP contribution in [-0.2, 0) is 0 Å². The molecule has 0 N–H and O–H groups in total. The molecule has 0 aliphatic rings. The molecule has 12 aromatic rings. The Morgan fingerprint density at radius 3 is 1.79 bits per heavy atom. The molecule has 4 aromatic heterocycles. The number of furan rings is 1. The van der Waals surface area contributed by atoms with Gasteiger partial charge in [0.05, 0.1) is 33.1 Å². The maximum atomic E-state index is 6.58. The van der Waals surface area contributed by atoms with Crippen molar-refractivity contribution >= 4 is 65.6 Å². The van der Waals surface area contributed by atoms with E-state index in [1.165, 1.54) is 10.8 Å². The van der Waals surface area contributed by atoms with Crippen molar-refractivity contribution in [2.45, 2.75) is 0 Å². The lowest BCUT2D eigenvalue weighted by Gasteiger charge is -2.13. The maximum Gasteiger partial charge on any atom is 0.182 e. The molecule has 0 spiro atoms. The number of fused-ring (bicyclic) bond motifs is 10. The zero-order valence-electron chi connectivity index (χ0n) is 30.0. The second kappa shape index (κ2) is 11.9. The van der Waals surface area contributed by atoms with E-state index in [4.69, 9.17) is 14.5 Å². The van der Waals surface area contributed by atoms with Gasteiger partial charge >= 0.3 is 0 Å². The summed E-state index contributed by atoms with van der Waals surface area (Å²) >= 11 is 0. The molecule has 0 radical (unpaired) electrons. The number of aromatic nitrogens is 5. The summed E-state index contributed by atoms with van der Waals surface area (Å²) in [6.45, 7) is 0. The summed E-state index contributed by atoms with van der Waals surface area (Å²) in [7, 11) is 0. The van der Waals surface area contributed by atoms with Crippen molar-refractivity contribution in [3.8, 4) is 39.8 Å². The average Bonchev–Trinajstić information content (AvgIpc) is 4.04. The second-order valence-corrected chi connectivity index (χ2v) is 14.3. The molecule has 0 fully saturated rings. The van der Waals surface area contributed by atoms with E-state index in [0.717, 1.165) is 88.8 Å². The fourth-order valence-corrected chi connectivity index (χ4v) is 8.63. The highest BCUT2D eigenvalue weighted by atomic mass is 16.3. The third kappa shape index (κ3) is 4.50. The molecule has 0 atom stereocenters. The number of nitrogens with zero attached hydrogens (tertiary/aromatic N) is 5. The Morgan fingerprint density at radius 2 is 1.00 bits per heavy atom. The molecule has 6 heteroatoms. The molecule has 4 heterocycles. The third-order valence-electron chi connectivity index (χ3n) is 11.1. The molecule has 56 heavy (non-hydrogen) atoms. The lowest BCUT2D eigenvalue weighted by Crippen LogP contribution is -2.01. The molecule has 12 rings (SSSR count). The second-order valence-electron chi connectivity index (χ2n) is 14.3. The Hall–Kier alpha value is -7.70. The molecule has 0 bridgehead atoms. The summed E-state index contributed by atoms with van der Waals surface area (Å²) in [6.07, 6.45) is 0. The first-order valence-corrected chi connectivity index (χ1v) is 18.8. The molecular formula is C50H31N5O. The summed E-state index contributed by atoms with van der Waals surface area (Å²) < 4.78 is 13.3. The van der Waals surface area contributed by atoms with Gasteiger partial charge in [0.2, 0.25) is 0 Å². The van der Waals surface area contributed by atoms with Crippen LogP contribution in [0.3, 0.4) is 0 Å². The van der Waals surface area contributed by atoms with Gasteiger partial charge in [-0.25, -0.2) is 9.67 Å². The molecule has 6 nitrogen and oxygen atoms in total. The van der Waals surface area contributed by atoms with E-state index in [9.17, 15) is 0 Å². The van der Waals surface area contributed by atoms with Crippen LogP contribution in [0.1, 0.15) is 0 Å². The van der Waals surface area contributed by atoms with Crippen LogP contribution in [-0.4, -0.2) is 23.9 Å². The van der Waals surface area contributed by atoms with Gasteiger partial charge in [-0.1, -0.05) is 127 Å². The molecule has 0 saturated heterocycles. The molecule has 0 amide bonds. The highest BCUT2D eigenvalue weighted by Crippen LogP contribution is 2.41. The molecule has 0 aliphatic heterocycles. The predicted molar refractivity (Wildman–Crippen MR) is 228 cm³/mol. The fraction of sp³-hybridized carbons (Fsp3) is 0. The molecule has 0 saturated carbocycles. The minimum atomic E-state index is 0.684. The van der Waals surface area contributed by atoms with Crippen LogP contribution < -0.4 is 0 Å². The lowest BCUT2D eigenvalue weighted by molar-refractivity contribution is 0.673. The van der Waals surface area contributed by atoms with E-state index < -0.39 is 0 Å².